The second-order valence-corrected chi connectivity index (χ2v) is 9.55. The Balaban J connectivity index is 1.46. The number of piperidine rings is 1. The maximum Gasteiger partial charge on any atom is 0.243 e. The van der Waals surface area contributed by atoms with E-state index >= 15 is 0 Å². The van der Waals surface area contributed by atoms with Crippen molar-refractivity contribution in [2.24, 2.45) is 5.92 Å². The fraction of sp³-hybridized carbons (Fsp3) is 0.409. The van der Waals surface area contributed by atoms with Gasteiger partial charge < -0.3 is 5.32 Å². The van der Waals surface area contributed by atoms with Crippen LogP contribution in [-0.2, 0) is 14.8 Å². The number of rotatable bonds is 6. The molecule has 5 nitrogen and oxygen atoms in total. The Kier molecular flexibility index (Phi) is 6.52. The van der Waals surface area contributed by atoms with Gasteiger partial charge in [0.15, 0.2) is 0 Å². The van der Waals surface area contributed by atoms with Gasteiger partial charge in [-0.1, -0.05) is 35.4 Å². The summed E-state index contributed by atoms with van der Waals surface area (Å²) < 4.78 is 27.1. The lowest BCUT2D eigenvalue weighted by molar-refractivity contribution is -0.116. The molecule has 1 aliphatic rings. The Bertz CT molecular complexity index is 898. The van der Waals surface area contributed by atoms with Gasteiger partial charge in [0.05, 0.1) is 4.90 Å². The molecule has 1 fully saturated rings. The summed E-state index contributed by atoms with van der Waals surface area (Å²) in [5.74, 6) is 0.395. The molecule has 6 heteroatoms. The average Bonchev–Trinajstić information content (AvgIpc) is 2.69. The SMILES string of the molecule is Cc1ccc(NC(=O)CCC2CCN(S(=O)(=O)c3ccc(C)cc3)CC2)cc1. The van der Waals surface area contributed by atoms with Gasteiger partial charge in [0.1, 0.15) is 0 Å². The molecule has 0 atom stereocenters. The van der Waals surface area contributed by atoms with E-state index in [9.17, 15) is 13.2 Å². The van der Waals surface area contributed by atoms with Gasteiger partial charge in [0.2, 0.25) is 15.9 Å². The van der Waals surface area contributed by atoms with Gasteiger partial charge in [-0.25, -0.2) is 8.42 Å². The largest absolute Gasteiger partial charge is 0.326 e. The van der Waals surface area contributed by atoms with Crippen LogP contribution in [0.15, 0.2) is 53.4 Å². The van der Waals surface area contributed by atoms with Crippen molar-refractivity contribution in [3.05, 3.63) is 59.7 Å². The normalized spacial score (nSPS) is 16.1. The van der Waals surface area contributed by atoms with Gasteiger partial charge >= 0.3 is 0 Å². The van der Waals surface area contributed by atoms with E-state index in [1.165, 1.54) is 0 Å². The summed E-state index contributed by atoms with van der Waals surface area (Å²) in [6.45, 7) is 4.98. The maximum absolute atomic E-state index is 12.8. The third-order valence-electron chi connectivity index (χ3n) is 5.35. The van der Waals surface area contributed by atoms with Gasteiger partial charge in [-0.15, -0.1) is 0 Å². The van der Waals surface area contributed by atoms with Crippen LogP contribution in [0.3, 0.4) is 0 Å². The minimum Gasteiger partial charge on any atom is -0.326 e. The molecule has 0 saturated carbocycles. The molecule has 1 heterocycles. The van der Waals surface area contributed by atoms with Crippen molar-refractivity contribution in [1.29, 1.82) is 0 Å². The smallest absolute Gasteiger partial charge is 0.243 e. The fourth-order valence-corrected chi connectivity index (χ4v) is 4.96. The summed E-state index contributed by atoms with van der Waals surface area (Å²) >= 11 is 0. The predicted molar refractivity (Wildman–Crippen MR) is 112 cm³/mol. The first kappa shape index (κ1) is 20.6. The highest BCUT2D eigenvalue weighted by Crippen LogP contribution is 2.26. The van der Waals surface area contributed by atoms with Crippen molar-refractivity contribution in [3.8, 4) is 0 Å². The Morgan fingerprint density at radius 1 is 0.964 bits per heavy atom. The summed E-state index contributed by atoms with van der Waals surface area (Å²) in [5.41, 5.74) is 3.02. The number of benzene rings is 2. The van der Waals surface area contributed by atoms with Gasteiger partial charge in [-0.05, 0) is 63.3 Å². The van der Waals surface area contributed by atoms with Crippen LogP contribution in [0.25, 0.3) is 0 Å². The molecule has 2 aromatic carbocycles. The van der Waals surface area contributed by atoms with Crippen molar-refractivity contribution in [2.75, 3.05) is 18.4 Å². The zero-order valence-electron chi connectivity index (χ0n) is 16.5. The first-order valence-corrected chi connectivity index (χ1v) is 11.2. The highest BCUT2D eigenvalue weighted by molar-refractivity contribution is 7.89. The lowest BCUT2D eigenvalue weighted by Gasteiger charge is -2.31. The van der Waals surface area contributed by atoms with Crippen LogP contribution in [0.4, 0.5) is 5.69 Å². The zero-order chi connectivity index (χ0) is 20.1. The molecule has 1 N–H and O–H groups in total. The van der Waals surface area contributed by atoms with Crippen LogP contribution in [0.5, 0.6) is 0 Å². The average molecular weight is 401 g/mol. The highest BCUT2D eigenvalue weighted by Gasteiger charge is 2.29. The van der Waals surface area contributed by atoms with Gasteiger partial charge in [-0.3, -0.25) is 4.79 Å². The topological polar surface area (TPSA) is 66.5 Å². The molecule has 0 radical (unpaired) electrons. The first-order chi connectivity index (χ1) is 13.3. The van der Waals surface area contributed by atoms with E-state index in [0.29, 0.717) is 30.3 Å². The number of carbonyl (C=O) groups excluding carboxylic acids is 1. The van der Waals surface area contributed by atoms with Crippen LogP contribution >= 0.6 is 0 Å². The monoisotopic (exact) mass is 400 g/mol. The highest BCUT2D eigenvalue weighted by atomic mass is 32.2. The minimum atomic E-state index is -3.42. The summed E-state index contributed by atoms with van der Waals surface area (Å²) in [5, 5.41) is 2.92. The van der Waals surface area contributed by atoms with E-state index in [1.54, 1.807) is 16.4 Å². The number of sulfonamides is 1. The van der Waals surface area contributed by atoms with Crippen LogP contribution in [0.1, 0.15) is 36.8 Å². The Morgan fingerprint density at radius 3 is 2.07 bits per heavy atom. The number of nitrogens with one attached hydrogen (secondary N) is 1. The second-order valence-electron chi connectivity index (χ2n) is 7.61. The molecule has 0 aromatic heterocycles. The van der Waals surface area contributed by atoms with Gasteiger partial charge in [0.25, 0.3) is 0 Å². The molecule has 0 aliphatic carbocycles. The van der Waals surface area contributed by atoms with Crippen molar-refractivity contribution in [2.45, 2.75) is 44.4 Å². The quantitative estimate of drug-likeness (QED) is 0.793. The number of amides is 1. The third kappa shape index (κ3) is 5.20. The summed E-state index contributed by atoms with van der Waals surface area (Å²) in [6.07, 6.45) is 2.84. The van der Waals surface area contributed by atoms with E-state index in [2.05, 4.69) is 5.32 Å². The van der Waals surface area contributed by atoms with Crippen LogP contribution in [0.2, 0.25) is 0 Å². The molecule has 150 valence electrons. The summed E-state index contributed by atoms with van der Waals surface area (Å²) in [7, 11) is -3.42. The third-order valence-corrected chi connectivity index (χ3v) is 7.26. The standard InChI is InChI=1S/C22H28N2O3S/c1-17-3-8-20(9-4-17)23-22(25)12-7-19-13-15-24(16-14-19)28(26,27)21-10-5-18(2)6-11-21/h3-6,8-11,19H,7,12-16H2,1-2H3,(H,23,25). The lowest BCUT2D eigenvalue weighted by atomic mass is 9.93. The maximum atomic E-state index is 12.8. The van der Waals surface area contributed by atoms with Crippen LogP contribution in [-0.4, -0.2) is 31.7 Å². The molecular formula is C22H28N2O3S. The number of anilines is 1. The summed E-state index contributed by atoms with van der Waals surface area (Å²) in [6, 6.07) is 14.7. The van der Waals surface area contributed by atoms with Crippen molar-refractivity contribution in [1.82, 2.24) is 4.31 Å². The number of aryl methyl sites for hydroxylation is 2. The zero-order valence-corrected chi connectivity index (χ0v) is 17.3. The van der Waals surface area contributed by atoms with Crippen LogP contribution < -0.4 is 5.32 Å². The molecule has 2 aromatic rings. The number of hydrogen-bond donors (Lipinski definition) is 1. The number of carbonyl (C=O) groups is 1. The molecule has 1 amide bonds. The van der Waals surface area contributed by atoms with Crippen molar-refractivity contribution < 1.29 is 13.2 Å². The lowest BCUT2D eigenvalue weighted by Crippen LogP contribution is -2.38. The van der Waals surface area contributed by atoms with E-state index in [1.807, 2.05) is 50.2 Å². The fourth-order valence-electron chi connectivity index (χ4n) is 3.49. The molecule has 0 spiro atoms. The molecule has 1 aliphatic heterocycles. The summed E-state index contributed by atoms with van der Waals surface area (Å²) in [4.78, 5) is 12.5. The number of nitrogens with zero attached hydrogens (tertiary/aromatic N) is 1. The van der Waals surface area contributed by atoms with Gasteiger partial charge in [-0.2, -0.15) is 4.31 Å². The molecule has 0 bridgehead atoms. The first-order valence-electron chi connectivity index (χ1n) is 9.78. The van der Waals surface area contributed by atoms with Crippen LogP contribution in [0, 0.1) is 19.8 Å². The Labute approximate surface area is 167 Å². The molecule has 0 unspecified atom stereocenters. The van der Waals surface area contributed by atoms with E-state index in [-0.39, 0.29) is 5.91 Å². The van der Waals surface area contributed by atoms with Gasteiger partial charge in [0, 0.05) is 25.2 Å². The van der Waals surface area contributed by atoms with E-state index < -0.39 is 10.0 Å². The van der Waals surface area contributed by atoms with E-state index in [4.69, 9.17) is 0 Å². The van der Waals surface area contributed by atoms with Crippen molar-refractivity contribution >= 4 is 21.6 Å². The molecule has 3 rings (SSSR count). The Hall–Kier alpha value is -2.18. The number of hydrogen-bond acceptors (Lipinski definition) is 3. The predicted octanol–water partition coefficient (Wildman–Crippen LogP) is 4.12. The minimum absolute atomic E-state index is 0.0126. The molecule has 1 saturated heterocycles. The molecule has 28 heavy (non-hydrogen) atoms. The van der Waals surface area contributed by atoms with Crippen molar-refractivity contribution in [3.63, 3.8) is 0 Å². The van der Waals surface area contributed by atoms with E-state index in [0.717, 1.165) is 36.1 Å². The Morgan fingerprint density at radius 2 is 1.50 bits per heavy atom. The second kappa shape index (κ2) is 8.88. The molecular weight excluding hydrogens is 372 g/mol.